The van der Waals surface area contributed by atoms with Gasteiger partial charge in [0.15, 0.2) is 0 Å². The molecule has 3 saturated heterocycles. The number of hydrogen-bond acceptors (Lipinski definition) is 4. The maximum atomic E-state index is 5.72. The molecule has 126 valence electrons. The van der Waals surface area contributed by atoms with Crippen molar-refractivity contribution in [1.82, 2.24) is 15.2 Å². The molecule has 3 fully saturated rings. The van der Waals surface area contributed by atoms with Gasteiger partial charge < -0.3 is 5.32 Å². The summed E-state index contributed by atoms with van der Waals surface area (Å²) in [7, 11) is 0. The molecule has 5 rings (SSSR count). The van der Waals surface area contributed by atoms with Crippen LogP contribution in [0.3, 0.4) is 0 Å². The second-order valence-electron chi connectivity index (χ2n) is 6.92. The Kier molecular flexibility index (Phi) is 4.66. The smallest absolute Gasteiger partial charge is 0.116 e. The second-order valence-corrected chi connectivity index (χ2v) is 8.61. The number of thiocarbonyl (C=S) groups is 1. The molecule has 2 atom stereocenters. The van der Waals surface area contributed by atoms with Crippen molar-refractivity contribution in [2.24, 2.45) is 5.92 Å². The highest BCUT2D eigenvalue weighted by molar-refractivity contribution is 7.81. The van der Waals surface area contributed by atoms with Crippen molar-refractivity contribution in [2.45, 2.75) is 38.3 Å². The molecular weight excluding hydrogens is 334 g/mol. The molecule has 3 aliphatic rings. The van der Waals surface area contributed by atoms with E-state index in [4.69, 9.17) is 12.2 Å². The fourth-order valence-corrected chi connectivity index (χ4v) is 5.26. The van der Waals surface area contributed by atoms with E-state index < -0.39 is 0 Å². The summed E-state index contributed by atoms with van der Waals surface area (Å²) in [6.45, 7) is 4.58. The number of hydrogen-bond donors (Lipinski definition) is 1. The number of piperidine rings is 3. The number of nitrogens with one attached hydrogen (secondary N) is 1. The topological polar surface area (TPSA) is 28.2 Å². The average molecular weight is 358 g/mol. The van der Waals surface area contributed by atoms with Crippen LogP contribution >= 0.6 is 23.6 Å². The Hall–Kier alpha value is -1.30. The molecule has 0 radical (unpaired) electrons. The quantitative estimate of drug-likeness (QED) is 0.849. The van der Waals surface area contributed by atoms with Crippen molar-refractivity contribution in [2.75, 3.05) is 13.1 Å². The predicted molar refractivity (Wildman–Crippen MR) is 104 cm³/mol. The SMILES string of the molecule is Cc1ccc(C(=S)NC2C3CCN(CC3)C2Cc2cccnc2)s1. The normalized spacial score (nSPS) is 28.7. The third-order valence-electron chi connectivity index (χ3n) is 5.40. The molecule has 3 nitrogen and oxygen atoms in total. The molecule has 0 aromatic carbocycles. The highest BCUT2D eigenvalue weighted by Crippen LogP contribution is 2.34. The Labute approximate surface area is 153 Å². The van der Waals surface area contributed by atoms with E-state index in [-0.39, 0.29) is 0 Å². The first-order valence-corrected chi connectivity index (χ1v) is 9.93. The first kappa shape index (κ1) is 16.2. The van der Waals surface area contributed by atoms with Crippen molar-refractivity contribution in [1.29, 1.82) is 0 Å². The van der Waals surface area contributed by atoms with Crippen LogP contribution in [0.1, 0.15) is 28.2 Å². The average Bonchev–Trinajstić information content (AvgIpc) is 3.05. The van der Waals surface area contributed by atoms with E-state index in [1.807, 2.05) is 18.5 Å². The molecule has 0 saturated carbocycles. The van der Waals surface area contributed by atoms with Crippen molar-refractivity contribution < 1.29 is 0 Å². The van der Waals surface area contributed by atoms with E-state index >= 15 is 0 Å². The highest BCUT2D eigenvalue weighted by Gasteiger charge is 2.42. The lowest BCUT2D eigenvalue weighted by molar-refractivity contribution is 0.0212. The molecule has 0 amide bonds. The molecule has 24 heavy (non-hydrogen) atoms. The van der Waals surface area contributed by atoms with Gasteiger partial charge in [-0.3, -0.25) is 9.88 Å². The lowest BCUT2D eigenvalue weighted by Gasteiger charge is -2.51. The number of thiophene rings is 1. The van der Waals surface area contributed by atoms with E-state index in [0.29, 0.717) is 12.1 Å². The molecule has 3 aliphatic heterocycles. The second kappa shape index (κ2) is 6.90. The molecule has 2 aromatic rings. The number of aromatic nitrogens is 1. The molecular formula is C19H23N3S2. The largest absolute Gasteiger partial charge is 0.371 e. The van der Waals surface area contributed by atoms with Crippen LogP contribution in [0.5, 0.6) is 0 Å². The monoisotopic (exact) mass is 357 g/mol. The van der Waals surface area contributed by atoms with E-state index in [9.17, 15) is 0 Å². The molecule has 2 unspecified atom stereocenters. The molecule has 5 heterocycles. The summed E-state index contributed by atoms with van der Waals surface area (Å²) in [6, 6.07) is 9.48. The van der Waals surface area contributed by atoms with Crippen LogP contribution in [-0.2, 0) is 6.42 Å². The number of pyridine rings is 1. The summed E-state index contributed by atoms with van der Waals surface area (Å²) in [6.07, 6.45) is 7.47. The van der Waals surface area contributed by atoms with Gasteiger partial charge in [-0.15, -0.1) is 11.3 Å². The van der Waals surface area contributed by atoms with Gasteiger partial charge in [0.05, 0.1) is 4.88 Å². The molecule has 0 spiro atoms. The Balaban J connectivity index is 1.53. The molecule has 0 aliphatic carbocycles. The van der Waals surface area contributed by atoms with Crippen LogP contribution in [0.15, 0.2) is 36.7 Å². The zero-order valence-corrected chi connectivity index (χ0v) is 15.6. The number of aryl methyl sites for hydroxylation is 1. The van der Waals surface area contributed by atoms with Crippen LogP contribution in [0.2, 0.25) is 0 Å². The summed E-state index contributed by atoms with van der Waals surface area (Å²) in [5, 5.41) is 3.73. The van der Waals surface area contributed by atoms with Crippen LogP contribution in [0, 0.1) is 12.8 Å². The number of fused-ring (bicyclic) bond motifs is 3. The maximum absolute atomic E-state index is 5.72. The summed E-state index contributed by atoms with van der Waals surface area (Å²) in [4.78, 5) is 10.4. The molecule has 5 heteroatoms. The minimum Gasteiger partial charge on any atom is -0.371 e. The van der Waals surface area contributed by atoms with Crippen molar-refractivity contribution in [3.8, 4) is 0 Å². The van der Waals surface area contributed by atoms with Crippen LogP contribution in [0.4, 0.5) is 0 Å². The maximum Gasteiger partial charge on any atom is 0.116 e. The van der Waals surface area contributed by atoms with Crippen molar-refractivity contribution in [3.05, 3.63) is 52.0 Å². The zero-order valence-electron chi connectivity index (χ0n) is 13.9. The summed E-state index contributed by atoms with van der Waals surface area (Å²) >= 11 is 7.50. The predicted octanol–water partition coefficient (Wildman–Crippen LogP) is 3.42. The van der Waals surface area contributed by atoms with E-state index in [2.05, 4.69) is 40.3 Å². The Bertz CT molecular complexity index is 704. The van der Waals surface area contributed by atoms with Crippen molar-refractivity contribution in [3.63, 3.8) is 0 Å². The van der Waals surface area contributed by atoms with Gasteiger partial charge in [0.25, 0.3) is 0 Å². The molecule has 2 aromatic heterocycles. The standard InChI is InChI=1S/C19H23N3S2/c1-13-4-5-17(24-13)19(23)21-18-15-6-9-22(10-7-15)16(18)11-14-3-2-8-20-12-14/h2-5,8,12,15-16,18H,6-7,9-11H2,1H3,(H,21,23). The Morgan fingerprint density at radius 3 is 2.83 bits per heavy atom. The van der Waals surface area contributed by atoms with Crippen LogP contribution < -0.4 is 5.32 Å². The van der Waals surface area contributed by atoms with Gasteiger partial charge >= 0.3 is 0 Å². The van der Waals surface area contributed by atoms with Crippen LogP contribution in [-0.4, -0.2) is 40.0 Å². The first-order valence-electron chi connectivity index (χ1n) is 8.71. The summed E-state index contributed by atoms with van der Waals surface area (Å²) in [5.41, 5.74) is 1.32. The lowest BCUT2D eigenvalue weighted by Crippen LogP contribution is -2.64. The van der Waals surface area contributed by atoms with E-state index in [0.717, 1.165) is 17.3 Å². The third kappa shape index (κ3) is 3.25. The molecule has 1 N–H and O–H groups in total. The fourth-order valence-electron chi connectivity index (χ4n) is 4.16. The summed E-state index contributed by atoms with van der Waals surface area (Å²) in [5.74, 6) is 0.732. The minimum absolute atomic E-state index is 0.447. The Morgan fingerprint density at radius 2 is 2.17 bits per heavy atom. The summed E-state index contributed by atoms with van der Waals surface area (Å²) < 4.78 is 0. The fraction of sp³-hybridized carbons (Fsp3) is 0.474. The van der Waals surface area contributed by atoms with Crippen LogP contribution in [0.25, 0.3) is 0 Å². The van der Waals surface area contributed by atoms with Gasteiger partial charge in [0.2, 0.25) is 0 Å². The minimum atomic E-state index is 0.447. The first-order chi connectivity index (χ1) is 11.7. The van der Waals surface area contributed by atoms with Gasteiger partial charge in [0.1, 0.15) is 4.99 Å². The Morgan fingerprint density at radius 1 is 1.33 bits per heavy atom. The van der Waals surface area contributed by atoms with E-state index in [1.54, 1.807) is 11.3 Å². The van der Waals surface area contributed by atoms with Crippen molar-refractivity contribution >= 4 is 28.5 Å². The molecule has 2 bridgehead atoms. The van der Waals surface area contributed by atoms with Gasteiger partial charge in [0, 0.05) is 29.4 Å². The number of rotatable bonds is 4. The van der Waals surface area contributed by atoms with E-state index in [1.165, 1.54) is 41.2 Å². The van der Waals surface area contributed by atoms with Gasteiger partial charge in [-0.25, -0.2) is 0 Å². The highest BCUT2D eigenvalue weighted by atomic mass is 32.1. The third-order valence-corrected chi connectivity index (χ3v) is 6.88. The lowest BCUT2D eigenvalue weighted by atomic mass is 9.77. The zero-order chi connectivity index (χ0) is 16.5. The van der Waals surface area contributed by atoms with Gasteiger partial charge in [-0.05, 0) is 69.0 Å². The number of nitrogens with zero attached hydrogens (tertiary/aromatic N) is 2. The van der Waals surface area contributed by atoms with Gasteiger partial charge in [-0.1, -0.05) is 18.3 Å². The van der Waals surface area contributed by atoms with Gasteiger partial charge in [-0.2, -0.15) is 0 Å².